The number of methoxy groups -OCH3 is 1. The first-order valence-corrected chi connectivity index (χ1v) is 11.0. The Bertz CT molecular complexity index is 995. The standard InChI is InChI=1S/C24H31N7O/c1-25-24(28-16-19-9-10-23(27-15-19)31-14-11-26-18-31)29-17-21(30-12-5-6-13-30)20-7-3-4-8-22(20)32-2/h3-4,7-11,14-15,18,21H,5-6,12-13,16-17H2,1-2H3,(H2,25,28,29). The Balaban J connectivity index is 1.37. The fraction of sp³-hybridized carbons (Fsp3) is 0.375. The number of likely N-dealkylation sites (tertiary alicyclic amines) is 1. The average molecular weight is 434 g/mol. The lowest BCUT2D eigenvalue weighted by atomic mass is 10.0. The number of benzene rings is 1. The Hall–Kier alpha value is -3.39. The number of imidazole rings is 1. The van der Waals surface area contributed by atoms with Gasteiger partial charge in [-0.3, -0.25) is 14.5 Å². The van der Waals surface area contributed by atoms with Gasteiger partial charge in [-0.25, -0.2) is 9.97 Å². The predicted molar refractivity (Wildman–Crippen MR) is 126 cm³/mol. The van der Waals surface area contributed by atoms with Gasteiger partial charge >= 0.3 is 0 Å². The molecule has 0 aliphatic carbocycles. The fourth-order valence-electron chi connectivity index (χ4n) is 4.10. The molecule has 0 saturated carbocycles. The number of aromatic nitrogens is 3. The van der Waals surface area contributed by atoms with Gasteiger partial charge in [0.2, 0.25) is 0 Å². The van der Waals surface area contributed by atoms with Crippen molar-refractivity contribution in [3.05, 3.63) is 72.4 Å². The quantitative estimate of drug-likeness (QED) is 0.420. The van der Waals surface area contributed by atoms with Gasteiger partial charge in [-0.2, -0.15) is 0 Å². The van der Waals surface area contributed by atoms with Gasteiger partial charge in [-0.05, 0) is 43.6 Å². The van der Waals surface area contributed by atoms with Gasteiger partial charge in [0.05, 0.1) is 13.2 Å². The lowest BCUT2D eigenvalue weighted by molar-refractivity contribution is 0.239. The van der Waals surface area contributed by atoms with Crippen LogP contribution < -0.4 is 15.4 Å². The average Bonchev–Trinajstić information content (AvgIpc) is 3.57. The van der Waals surface area contributed by atoms with Gasteiger partial charge in [0.25, 0.3) is 0 Å². The fourth-order valence-corrected chi connectivity index (χ4v) is 4.10. The van der Waals surface area contributed by atoms with Crippen molar-refractivity contribution in [3.63, 3.8) is 0 Å². The molecule has 0 bridgehead atoms. The smallest absolute Gasteiger partial charge is 0.191 e. The normalized spacial score (nSPS) is 15.5. The molecule has 1 unspecified atom stereocenters. The minimum atomic E-state index is 0.225. The predicted octanol–water partition coefficient (Wildman–Crippen LogP) is 2.78. The lowest BCUT2D eigenvalue weighted by Crippen LogP contribution is -2.42. The summed E-state index contributed by atoms with van der Waals surface area (Å²) in [5.74, 6) is 2.54. The zero-order valence-corrected chi connectivity index (χ0v) is 18.7. The molecule has 3 aromatic rings. The van der Waals surface area contributed by atoms with E-state index in [1.54, 1.807) is 26.7 Å². The maximum Gasteiger partial charge on any atom is 0.191 e. The summed E-state index contributed by atoms with van der Waals surface area (Å²) in [4.78, 5) is 15.5. The second kappa shape index (κ2) is 10.8. The number of guanidine groups is 1. The van der Waals surface area contributed by atoms with Crippen LogP contribution in [0.1, 0.15) is 30.0 Å². The summed E-state index contributed by atoms with van der Waals surface area (Å²) in [6.07, 6.45) is 9.71. The molecule has 2 aromatic heterocycles. The molecule has 8 heteroatoms. The van der Waals surface area contributed by atoms with Gasteiger partial charge in [0.15, 0.2) is 5.96 Å². The van der Waals surface area contributed by atoms with Crippen molar-refractivity contribution in [2.24, 2.45) is 4.99 Å². The first-order valence-electron chi connectivity index (χ1n) is 11.0. The maximum absolute atomic E-state index is 5.65. The van der Waals surface area contributed by atoms with Crippen LogP contribution in [0.3, 0.4) is 0 Å². The molecule has 0 radical (unpaired) electrons. The third-order valence-corrected chi connectivity index (χ3v) is 5.80. The van der Waals surface area contributed by atoms with Crippen molar-refractivity contribution in [1.82, 2.24) is 30.1 Å². The second-order valence-corrected chi connectivity index (χ2v) is 7.80. The van der Waals surface area contributed by atoms with E-state index in [4.69, 9.17) is 4.74 Å². The molecule has 1 atom stereocenters. The van der Waals surface area contributed by atoms with E-state index < -0.39 is 0 Å². The highest BCUT2D eigenvalue weighted by Gasteiger charge is 2.26. The minimum Gasteiger partial charge on any atom is -0.496 e. The van der Waals surface area contributed by atoms with Crippen LogP contribution in [0.15, 0.2) is 66.3 Å². The van der Waals surface area contributed by atoms with Crippen LogP contribution >= 0.6 is 0 Å². The van der Waals surface area contributed by atoms with E-state index in [0.29, 0.717) is 6.54 Å². The lowest BCUT2D eigenvalue weighted by Gasteiger charge is -2.30. The van der Waals surface area contributed by atoms with Gasteiger partial charge < -0.3 is 15.4 Å². The van der Waals surface area contributed by atoms with Crippen molar-refractivity contribution >= 4 is 5.96 Å². The Morgan fingerprint density at radius 1 is 1.16 bits per heavy atom. The van der Waals surface area contributed by atoms with E-state index in [1.807, 2.05) is 35.2 Å². The number of para-hydroxylation sites is 1. The molecule has 0 amide bonds. The van der Waals surface area contributed by atoms with Crippen molar-refractivity contribution in [3.8, 4) is 11.6 Å². The van der Waals surface area contributed by atoms with E-state index in [0.717, 1.165) is 42.7 Å². The molecule has 1 saturated heterocycles. The van der Waals surface area contributed by atoms with E-state index in [2.05, 4.69) is 48.7 Å². The van der Waals surface area contributed by atoms with E-state index in [9.17, 15) is 0 Å². The molecule has 4 rings (SSSR count). The van der Waals surface area contributed by atoms with Crippen LogP contribution in [-0.2, 0) is 6.54 Å². The van der Waals surface area contributed by atoms with Crippen molar-refractivity contribution in [2.75, 3.05) is 33.8 Å². The highest BCUT2D eigenvalue weighted by atomic mass is 16.5. The zero-order chi connectivity index (χ0) is 22.2. The molecule has 168 valence electrons. The minimum absolute atomic E-state index is 0.225. The van der Waals surface area contributed by atoms with E-state index in [1.165, 1.54) is 18.4 Å². The van der Waals surface area contributed by atoms with Crippen molar-refractivity contribution in [1.29, 1.82) is 0 Å². The van der Waals surface area contributed by atoms with Crippen LogP contribution in [0.5, 0.6) is 5.75 Å². The highest BCUT2D eigenvalue weighted by molar-refractivity contribution is 5.79. The number of hydrogen-bond donors (Lipinski definition) is 2. The van der Waals surface area contributed by atoms with E-state index in [-0.39, 0.29) is 6.04 Å². The molecular formula is C24H31N7O. The molecule has 3 heterocycles. The topological polar surface area (TPSA) is 79.6 Å². The van der Waals surface area contributed by atoms with Crippen LogP contribution in [0.2, 0.25) is 0 Å². The Morgan fingerprint density at radius 3 is 2.69 bits per heavy atom. The largest absolute Gasteiger partial charge is 0.496 e. The van der Waals surface area contributed by atoms with Crippen LogP contribution in [-0.4, -0.2) is 59.2 Å². The summed E-state index contributed by atoms with van der Waals surface area (Å²) in [6.45, 7) is 3.59. The Kier molecular flexibility index (Phi) is 7.34. The monoisotopic (exact) mass is 433 g/mol. The summed E-state index contributed by atoms with van der Waals surface area (Å²) in [6, 6.07) is 12.6. The molecular weight excluding hydrogens is 402 g/mol. The third-order valence-electron chi connectivity index (χ3n) is 5.80. The number of nitrogens with zero attached hydrogens (tertiary/aromatic N) is 5. The Labute approximate surface area is 189 Å². The van der Waals surface area contributed by atoms with Gasteiger partial charge in [0.1, 0.15) is 17.9 Å². The summed E-state index contributed by atoms with van der Waals surface area (Å²) < 4.78 is 7.53. The summed E-state index contributed by atoms with van der Waals surface area (Å²) >= 11 is 0. The summed E-state index contributed by atoms with van der Waals surface area (Å²) in [7, 11) is 3.53. The third kappa shape index (κ3) is 5.26. The molecule has 1 aliphatic heterocycles. The van der Waals surface area contributed by atoms with Crippen LogP contribution in [0, 0.1) is 0 Å². The summed E-state index contributed by atoms with van der Waals surface area (Å²) in [5, 5.41) is 6.91. The number of rotatable bonds is 8. The van der Waals surface area contributed by atoms with Crippen LogP contribution in [0.25, 0.3) is 5.82 Å². The number of pyridine rings is 1. The molecule has 1 aliphatic rings. The summed E-state index contributed by atoms with van der Waals surface area (Å²) in [5.41, 5.74) is 2.29. The second-order valence-electron chi connectivity index (χ2n) is 7.80. The zero-order valence-electron chi connectivity index (χ0n) is 18.7. The molecule has 32 heavy (non-hydrogen) atoms. The molecule has 1 fully saturated rings. The molecule has 1 aromatic carbocycles. The van der Waals surface area contributed by atoms with Crippen LogP contribution in [0.4, 0.5) is 0 Å². The first kappa shape index (κ1) is 21.8. The van der Waals surface area contributed by atoms with E-state index >= 15 is 0 Å². The molecule has 0 spiro atoms. The first-order chi connectivity index (χ1) is 15.8. The van der Waals surface area contributed by atoms with Gasteiger partial charge in [0, 0.05) is 44.3 Å². The number of nitrogens with one attached hydrogen (secondary N) is 2. The molecule has 8 nitrogen and oxygen atoms in total. The number of aliphatic imine (C=N–C) groups is 1. The maximum atomic E-state index is 5.65. The Morgan fingerprint density at radius 2 is 2.00 bits per heavy atom. The van der Waals surface area contributed by atoms with Crippen molar-refractivity contribution < 1.29 is 4.74 Å². The number of hydrogen-bond acceptors (Lipinski definition) is 5. The molecule has 2 N–H and O–H groups in total. The highest BCUT2D eigenvalue weighted by Crippen LogP contribution is 2.31. The van der Waals surface area contributed by atoms with Crippen molar-refractivity contribution in [2.45, 2.75) is 25.4 Å². The SMILES string of the molecule is CN=C(NCc1ccc(-n2ccnc2)nc1)NCC(c1ccccc1OC)N1CCCC1. The van der Waals surface area contributed by atoms with Gasteiger partial charge in [-0.1, -0.05) is 24.3 Å². The van der Waals surface area contributed by atoms with Gasteiger partial charge in [-0.15, -0.1) is 0 Å². The number of ether oxygens (including phenoxy) is 1.